The van der Waals surface area contributed by atoms with Gasteiger partial charge in [-0.2, -0.15) is 4.99 Å². The summed E-state index contributed by atoms with van der Waals surface area (Å²) in [5.41, 5.74) is 1.67. The minimum atomic E-state index is -4.21. The van der Waals surface area contributed by atoms with E-state index in [1.54, 1.807) is 6.92 Å². The first-order chi connectivity index (χ1) is 18.6. The topological polar surface area (TPSA) is 124 Å². The molecule has 39 heavy (non-hydrogen) atoms. The molecule has 4 rings (SSSR count). The summed E-state index contributed by atoms with van der Waals surface area (Å²) in [5.74, 6) is -2.45. The van der Waals surface area contributed by atoms with Crippen LogP contribution in [0.2, 0.25) is 0 Å². The zero-order chi connectivity index (χ0) is 28.2. The summed E-state index contributed by atoms with van der Waals surface area (Å²) in [6.07, 6.45) is 9.74. The largest absolute Gasteiger partial charge is 0.462 e. The number of aromatic nitrogens is 1. The van der Waals surface area contributed by atoms with E-state index in [4.69, 9.17) is 11.2 Å². The first-order valence-corrected chi connectivity index (χ1v) is 15.7. The van der Waals surface area contributed by atoms with Crippen molar-refractivity contribution in [1.82, 2.24) is 4.57 Å². The molecule has 2 aromatic heterocycles. The number of carbonyl (C=O) groups is 3. The molecule has 0 radical (unpaired) electrons. The second-order valence-electron chi connectivity index (χ2n) is 8.86. The van der Waals surface area contributed by atoms with Gasteiger partial charge in [-0.3, -0.25) is 9.59 Å². The van der Waals surface area contributed by atoms with Crippen LogP contribution in [-0.4, -0.2) is 48.9 Å². The molecule has 1 aromatic carbocycles. The number of nitrogens with zero attached hydrogens (tertiary/aromatic N) is 2. The smallest absolute Gasteiger partial charge is 0.341 e. The Labute approximate surface area is 232 Å². The summed E-state index contributed by atoms with van der Waals surface area (Å²) in [7, 11) is -4.21. The van der Waals surface area contributed by atoms with E-state index >= 15 is 0 Å². The van der Waals surface area contributed by atoms with Crippen molar-refractivity contribution >= 4 is 65.5 Å². The number of anilines is 1. The third-order valence-electron chi connectivity index (χ3n) is 5.96. The van der Waals surface area contributed by atoms with Crippen molar-refractivity contribution in [2.24, 2.45) is 4.99 Å². The van der Waals surface area contributed by atoms with Crippen molar-refractivity contribution in [3.05, 3.63) is 44.8 Å². The molecule has 0 fully saturated rings. The Morgan fingerprint density at radius 2 is 1.95 bits per heavy atom. The lowest BCUT2D eigenvalue weighted by Gasteiger charge is -2.08. The number of benzene rings is 1. The normalized spacial score (nSPS) is 13.9. The van der Waals surface area contributed by atoms with Gasteiger partial charge < -0.3 is 14.6 Å². The third kappa shape index (κ3) is 6.81. The average molecular weight is 592 g/mol. The number of esters is 1. The number of sulfone groups is 1. The maximum Gasteiger partial charge on any atom is 0.341 e. The molecule has 0 saturated carbocycles. The number of thiazole rings is 1. The number of amides is 2. The SMILES string of the molecule is C#CCn1c(=NC(=O)CS(=O)(=O)CC(=O)Nc2sc3c(c2C(=O)OCC)CCCCC3)sc2cc(F)ccc21. The van der Waals surface area contributed by atoms with Crippen LogP contribution >= 0.6 is 22.7 Å². The average Bonchev–Trinajstić information content (AvgIpc) is 3.25. The van der Waals surface area contributed by atoms with Crippen molar-refractivity contribution in [1.29, 1.82) is 0 Å². The van der Waals surface area contributed by atoms with Gasteiger partial charge >= 0.3 is 5.97 Å². The molecule has 13 heteroatoms. The predicted molar refractivity (Wildman–Crippen MR) is 148 cm³/mol. The zero-order valence-electron chi connectivity index (χ0n) is 21.1. The third-order valence-corrected chi connectivity index (χ3v) is 9.60. The lowest BCUT2D eigenvalue weighted by Crippen LogP contribution is -2.28. The molecular weight excluding hydrogens is 566 g/mol. The number of fused-ring (bicyclic) bond motifs is 2. The highest BCUT2D eigenvalue weighted by atomic mass is 32.2. The fourth-order valence-corrected chi connectivity index (χ4v) is 7.75. The quantitative estimate of drug-likeness (QED) is 0.243. The van der Waals surface area contributed by atoms with Gasteiger partial charge in [0, 0.05) is 4.88 Å². The lowest BCUT2D eigenvalue weighted by atomic mass is 10.1. The van der Waals surface area contributed by atoms with E-state index in [1.807, 2.05) is 0 Å². The number of hydrogen-bond donors (Lipinski definition) is 1. The van der Waals surface area contributed by atoms with Crippen molar-refractivity contribution in [2.45, 2.75) is 45.6 Å². The Balaban J connectivity index is 1.52. The monoisotopic (exact) mass is 591 g/mol. The minimum Gasteiger partial charge on any atom is -0.462 e. The zero-order valence-corrected chi connectivity index (χ0v) is 23.6. The summed E-state index contributed by atoms with van der Waals surface area (Å²) in [6, 6.07) is 4.01. The Kier molecular flexibility index (Phi) is 8.99. The van der Waals surface area contributed by atoms with Gasteiger partial charge in [0.25, 0.3) is 5.91 Å². The number of ether oxygens (including phenoxy) is 1. The van der Waals surface area contributed by atoms with E-state index in [9.17, 15) is 27.2 Å². The fourth-order valence-electron chi connectivity index (χ4n) is 4.37. The van der Waals surface area contributed by atoms with Gasteiger partial charge in [0.1, 0.15) is 22.3 Å². The number of rotatable bonds is 8. The van der Waals surface area contributed by atoms with Crippen LogP contribution in [0.15, 0.2) is 23.2 Å². The molecule has 0 atom stereocenters. The van der Waals surface area contributed by atoms with Crippen molar-refractivity contribution in [3.63, 3.8) is 0 Å². The van der Waals surface area contributed by atoms with E-state index in [1.165, 1.54) is 34.1 Å². The van der Waals surface area contributed by atoms with Crippen LogP contribution in [0.25, 0.3) is 10.2 Å². The molecule has 2 amide bonds. The molecule has 0 bridgehead atoms. The summed E-state index contributed by atoms with van der Waals surface area (Å²) in [5, 5.41) is 2.81. The van der Waals surface area contributed by atoms with Crippen LogP contribution in [0.5, 0.6) is 0 Å². The number of aryl methyl sites for hydroxylation is 1. The summed E-state index contributed by atoms with van der Waals surface area (Å²) in [4.78, 5) is 43.0. The molecule has 1 aliphatic rings. The lowest BCUT2D eigenvalue weighted by molar-refractivity contribution is -0.115. The fraction of sp³-hybridized carbons (Fsp3) is 0.385. The summed E-state index contributed by atoms with van der Waals surface area (Å²) >= 11 is 2.25. The van der Waals surface area contributed by atoms with Crippen LogP contribution in [0, 0.1) is 18.2 Å². The molecule has 0 aliphatic heterocycles. The Morgan fingerprint density at radius 3 is 2.69 bits per heavy atom. The first-order valence-electron chi connectivity index (χ1n) is 12.2. The first kappa shape index (κ1) is 28.7. The maximum absolute atomic E-state index is 13.6. The van der Waals surface area contributed by atoms with Crippen LogP contribution in [0.1, 0.15) is 47.0 Å². The molecule has 0 saturated heterocycles. The molecule has 1 N–H and O–H groups in total. The van der Waals surface area contributed by atoms with Gasteiger partial charge in [-0.05, 0) is 56.4 Å². The van der Waals surface area contributed by atoms with Gasteiger partial charge in [-0.25, -0.2) is 17.6 Å². The van der Waals surface area contributed by atoms with Gasteiger partial charge in [-0.1, -0.05) is 23.7 Å². The molecule has 9 nitrogen and oxygen atoms in total. The van der Waals surface area contributed by atoms with E-state index in [0.29, 0.717) is 16.6 Å². The van der Waals surface area contributed by atoms with Crippen molar-refractivity contribution < 1.29 is 31.9 Å². The molecule has 0 unspecified atom stereocenters. The highest BCUT2D eigenvalue weighted by Crippen LogP contribution is 2.38. The van der Waals surface area contributed by atoms with E-state index < -0.39 is 44.9 Å². The molecule has 206 valence electrons. The van der Waals surface area contributed by atoms with E-state index in [0.717, 1.165) is 47.5 Å². The van der Waals surface area contributed by atoms with Crippen molar-refractivity contribution in [3.8, 4) is 12.3 Å². The molecule has 2 heterocycles. The Bertz CT molecular complexity index is 1660. The number of carbonyl (C=O) groups excluding carboxylic acids is 3. The van der Waals surface area contributed by atoms with Crippen LogP contribution in [0.3, 0.4) is 0 Å². The van der Waals surface area contributed by atoms with Gasteiger partial charge in [0.15, 0.2) is 14.6 Å². The number of thiophene rings is 1. The number of terminal acetylenes is 1. The highest BCUT2D eigenvalue weighted by molar-refractivity contribution is 7.92. The van der Waals surface area contributed by atoms with Crippen LogP contribution in [0.4, 0.5) is 9.39 Å². The molecule has 0 spiro atoms. The summed E-state index contributed by atoms with van der Waals surface area (Å²) in [6.45, 7) is 1.88. The van der Waals surface area contributed by atoms with Crippen molar-refractivity contribution in [2.75, 3.05) is 23.4 Å². The molecular formula is C26H26FN3O6S3. The minimum absolute atomic E-state index is 0.0422. The van der Waals surface area contributed by atoms with Crippen LogP contribution in [-0.2, 0) is 43.5 Å². The second kappa shape index (κ2) is 12.2. The van der Waals surface area contributed by atoms with Gasteiger partial charge in [-0.15, -0.1) is 17.8 Å². The van der Waals surface area contributed by atoms with Gasteiger partial charge in [0.2, 0.25) is 5.91 Å². The Morgan fingerprint density at radius 1 is 1.18 bits per heavy atom. The Hall–Kier alpha value is -3.34. The highest BCUT2D eigenvalue weighted by Gasteiger charge is 2.28. The summed E-state index contributed by atoms with van der Waals surface area (Å²) < 4.78 is 46.2. The molecule has 3 aromatic rings. The standard InChI is InChI=1S/C26H26FN3O6S3/c1-3-12-30-18-11-10-16(27)13-20(18)38-26(30)29-22(32)15-39(34,35)14-21(31)28-24-23(25(33)36-4-2)17-8-6-5-7-9-19(17)37-24/h1,10-11,13H,4-9,12,14-15H2,2H3,(H,28,31). The number of nitrogens with one attached hydrogen (secondary N) is 1. The van der Waals surface area contributed by atoms with E-state index in [2.05, 4.69) is 16.2 Å². The van der Waals surface area contributed by atoms with E-state index in [-0.39, 0.29) is 28.5 Å². The predicted octanol–water partition coefficient (Wildman–Crippen LogP) is 3.46. The van der Waals surface area contributed by atoms with Crippen LogP contribution < -0.4 is 10.1 Å². The second-order valence-corrected chi connectivity index (χ2v) is 13.0. The number of halogens is 1. The molecule has 1 aliphatic carbocycles. The number of hydrogen-bond acceptors (Lipinski definition) is 8. The maximum atomic E-state index is 13.6. The van der Waals surface area contributed by atoms with Gasteiger partial charge in [0.05, 0.1) is 28.9 Å².